The van der Waals surface area contributed by atoms with Gasteiger partial charge in [-0.25, -0.2) is 0 Å². The van der Waals surface area contributed by atoms with Gasteiger partial charge >= 0.3 is 12.0 Å². The molecule has 0 saturated heterocycles. The largest absolute Gasteiger partial charge is 0.424 e. The van der Waals surface area contributed by atoms with Gasteiger partial charge in [-0.2, -0.15) is 9.97 Å². The first-order chi connectivity index (χ1) is 15.6. The molecule has 1 aromatic heterocycles. The fourth-order valence-electron chi connectivity index (χ4n) is 3.10. The van der Waals surface area contributed by atoms with Gasteiger partial charge in [0.1, 0.15) is 11.5 Å². The molecule has 0 spiro atoms. The molecule has 0 saturated carbocycles. The van der Waals surface area contributed by atoms with E-state index >= 15 is 0 Å². The van der Waals surface area contributed by atoms with Crippen LogP contribution in [-0.4, -0.2) is 15.0 Å². The van der Waals surface area contributed by atoms with E-state index in [1.807, 2.05) is 36.4 Å². The Labute approximate surface area is 194 Å². The fourth-order valence-corrected chi connectivity index (χ4v) is 3.35. The van der Waals surface area contributed by atoms with Gasteiger partial charge in [-0.05, 0) is 65.4 Å². The molecule has 0 N–H and O–H groups in total. The zero-order chi connectivity index (χ0) is 21.9. The van der Waals surface area contributed by atoms with Crippen LogP contribution in [0.4, 0.5) is 0 Å². The normalized spacial score (nSPS) is 10.8. The van der Waals surface area contributed by atoms with Crippen molar-refractivity contribution in [1.29, 1.82) is 0 Å². The average Bonchev–Trinajstić information content (AvgIpc) is 2.82. The van der Waals surface area contributed by atoms with Gasteiger partial charge in [-0.3, -0.25) is 0 Å². The van der Waals surface area contributed by atoms with E-state index in [-0.39, 0.29) is 12.0 Å². The van der Waals surface area contributed by atoms with Crippen molar-refractivity contribution < 1.29 is 9.47 Å². The predicted octanol–water partition coefficient (Wildman–Crippen LogP) is 7.58. The highest BCUT2D eigenvalue weighted by Gasteiger charge is 2.13. The smallest absolute Gasteiger partial charge is 0.328 e. The summed E-state index contributed by atoms with van der Waals surface area (Å²) in [5.74, 6) is 1.52. The molecule has 32 heavy (non-hydrogen) atoms. The van der Waals surface area contributed by atoms with Crippen LogP contribution in [0.25, 0.3) is 22.2 Å². The average molecular weight is 460 g/mol. The molecule has 5 aromatic rings. The van der Waals surface area contributed by atoms with Crippen LogP contribution < -0.4 is 9.47 Å². The molecule has 0 bridgehead atoms. The van der Waals surface area contributed by atoms with Crippen LogP contribution in [-0.2, 0) is 0 Å². The predicted molar refractivity (Wildman–Crippen MR) is 126 cm³/mol. The van der Waals surface area contributed by atoms with Gasteiger partial charge in [0.25, 0.3) is 0 Å². The monoisotopic (exact) mass is 459 g/mol. The standard InChI is InChI=1S/C25H15Cl2N3O2/c26-19-7-11-21(12-8-19)31-24-28-23(18-6-5-16-3-1-2-4-17(16)15-18)29-25(30-24)32-22-13-9-20(27)10-14-22/h1-15H. The second-order valence-corrected chi connectivity index (χ2v) is 7.77. The Morgan fingerprint density at radius 3 is 1.62 bits per heavy atom. The Morgan fingerprint density at radius 1 is 0.531 bits per heavy atom. The highest BCUT2D eigenvalue weighted by molar-refractivity contribution is 6.30. The number of rotatable bonds is 5. The number of halogens is 2. The number of nitrogens with zero attached hydrogens (tertiary/aromatic N) is 3. The van der Waals surface area contributed by atoms with Gasteiger partial charge in [-0.1, -0.05) is 59.6 Å². The lowest BCUT2D eigenvalue weighted by Gasteiger charge is -2.10. The molecule has 0 aliphatic heterocycles. The summed E-state index contributed by atoms with van der Waals surface area (Å²) in [5, 5.41) is 3.42. The number of hydrogen-bond donors (Lipinski definition) is 0. The zero-order valence-electron chi connectivity index (χ0n) is 16.6. The van der Waals surface area contributed by atoms with Gasteiger partial charge in [-0.15, -0.1) is 4.98 Å². The van der Waals surface area contributed by atoms with Gasteiger partial charge < -0.3 is 9.47 Å². The molecule has 4 aromatic carbocycles. The van der Waals surface area contributed by atoms with Crippen LogP contribution in [0, 0.1) is 0 Å². The number of fused-ring (bicyclic) bond motifs is 1. The van der Waals surface area contributed by atoms with E-state index in [0.29, 0.717) is 27.4 Å². The Balaban J connectivity index is 1.55. The van der Waals surface area contributed by atoms with Crippen LogP contribution in [0.2, 0.25) is 10.0 Å². The van der Waals surface area contributed by atoms with Crippen LogP contribution >= 0.6 is 23.2 Å². The van der Waals surface area contributed by atoms with Crippen molar-refractivity contribution >= 4 is 34.0 Å². The second kappa shape index (κ2) is 8.83. The number of hydrogen-bond acceptors (Lipinski definition) is 5. The molecule has 7 heteroatoms. The lowest BCUT2D eigenvalue weighted by molar-refractivity contribution is 0.398. The zero-order valence-corrected chi connectivity index (χ0v) is 18.1. The first-order valence-corrected chi connectivity index (χ1v) is 10.5. The fraction of sp³-hybridized carbons (Fsp3) is 0. The summed E-state index contributed by atoms with van der Waals surface area (Å²) in [4.78, 5) is 13.3. The molecule has 0 radical (unpaired) electrons. The molecule has 0 atom stereocenters. The number of ether oxygens (including phenoxy) is 2. The molecule has 0 amide bonds. The lowest BCUT2D eigenvalue weighted by Crippen LogP contribution is -2.01. The molecule has 5 nitrogen and oxygen atoms in total. The third-order valence-corrected chi connectivity index (χ3v) is 5.15. The lowest BCUT2D eigenvalue weighted by atomic mass is 10.1. The maximum Gasteiger partial charge on any atom is 0.328 e. The maximum absolute atomic E-state index is 5.97. The summed E-state index contributed by atoms with van der Waals surface area (Å²) in [5.41, 5.74) is 0.813. The van der Waals surface area contributed by atoms with Crippen molar-refractivity contribution in [3.8, 4) is 34.9 Å². The quantitative estimate of drug-likeness (QED) is 0.271. The van der Waals surface area contributed by atoms with E-state index in [4.69, 9.17) is 32.7 Å². The molecule has 156 valence electrons. The van der Waals surface area contributed by atoms with Gasteiger partial charge in [0.2, 0.25) is 0 Å². The minimum atomic E-state index is 0.106. The summed E-state index contributed by atoms with van der Waals surface area (Å²) < 4.78 is 11.7. The number of benzene rings is 4. The van der Waals surface area contributed by atoms with Crippen molar-refractivity contribution in [1.82, 2.24) is 15.0 Å². The highest BCUT2D eigenvalue weighted by Crippen LogP contribution is 2.28. The Kier molecular flexibility index (Phi) is 5.58. The molecule has 0 aliphatic rings. The molecule has 0 fully saturated rings. The maximum atomic E-state index is 5.97. The van der Waals surface area contributed by atoms with Crippen molar-refractivity contribution in [2.45, 2.75) is 0 Å². The van der Waals surface area contributed by atoms with E-state index in [1.165, 1.54) is 0 Å². The third kappa shape index (κ3) is 4.64. The van der Waals surface area contributed by atoms with Crippen molar-refractivity contribution in [3.63, 3.8) is 0 Å². The first kappa shape index (κ1) is 20.2. The third-order valence-electron chi connectivity index (χ3n) is 4.65. The van der Waals surface area contributed by atoms with Crippen molar-refractivity contribution in [2.24, 2.45) is 0 Å². The minimum Gasteiger partial charge on any atom is -0.424 e. The van der Waals surface area contributed by atoms with E-state index in [1.54, 1.807) is 48.5 Å². The van der Waals surface area contributed by atoms with Crippen molar-refractivity contribution in [3.05, 3.63) is 101 Å². The van der Waals surface area contributed by atoms with E-state index < -0.39 is 0 Å². The van der Waals surface area contributed by atoms with Gasteiger partial charge in [0.15, 0.2) is 5.82 Å². The minimum absolute atomic E-state index is 0.106. The Morgan fingerprint density at radius 2 is 1.06 bits per heavy atom. The van der Waals surface area contributed by atoms with Crippen LogP contribution in [0.5, 0.6) is 23.5 Å². The topological polar surface area (TPSA) is 57.1 Å². The molecular weight excluding hydrogens is 445 g/mol. The summed E-state index contributed by atoms with van der Waals surface area (Å²) in [6.07, 6.45) is 0. The summed E-state index contributed by atoms with van der Waals surface area (Å²) in [6, 6.07) is 28.2. The Bertz CT molecular complexity index is 1330. The van der Waals surface area contributed by atoms with Gasteiger partial charge in [0.05, 0.1) is 0 Å². The molecule has 5 rings (SSSR count). The second-order valence-electron chi connectivity index (χ2n) is 6.90. The summed E-state index contributed by atoms with van der Waals surface area (Å²) >= 11 is 11.9. The number of aromatic nitrogens is 3. The van der Waals surface area contributed by atoms with Crippen LogP contribution in [0.1, 0.15) is 0 Å². The van der Waals surface area contributed by atoms with Crippen LogP contribution in [0.15, 0.2) is 91.0 Å². The van der Waals surface area contributed by atoms with Gasteiger partial charge in [0, 0.05) is 15.6 Å². The SMILES string of the molecule is Clc1ccc(Oc2nc(Oc3ccc(Cl)cc3)nc(-c3ccc4ccccc4c3)n2)cc1. The van der Waals surface area contributed by atoms with E-state index in [2.05, 4.69) is 21.0 Å². The Hall–Kier alpha value is -3.67. The van der Waals surface area contributed by atoms with E-state index in [0.717, 1.165) is 16.3 Å². The molecule has 0 unspecified atom stereocenters. The van der Waals surface area contributed by atoms with Crippen molar-refractivity contribution in [2.75, 3.05) is 0 Å². The molecule has 0 aliphatic carbocycles. The van der Waals surface area contributed by atoms with E-state index in [9.17, 15) is 0 Å². The van der Waals surface area contributed by atoms with Crippen LogP contribution in [0.3, 0.4) is 0 Å². The first-order valence-electron chi connectivity index (χ1n) is 9.74. The molecular formula is C25H15Cl2N3O2. The summed E-state index contributed by atoms with van der Waals surface area (Å²) in [6.45, 7) is 0. The summed E-state index contributed by atoms with van der Waals surface area (Å²) in [7, 11) is 0. The molecule has 1 heterocycles. The highest BCUT2D eigenvalue weighted by atomic mass is 35.5.